The number of aromatic nitrogens is 2. The van der Waals surface area contributed by atoms with Crippen LogP contribution in [-0.4, -0.2) is 114 Å². The van der Waals surface area contributed by atoms with Gasteiger partial charge in [0, 0.05) is 60.4 Å². The summed E-state index contributed by atoms with van der Waals surface area (Å²) in [5.41, 5.74) is 22.1. The number of rotatable bonds is 19. The lowest BCUT2D eigenvalue weighted by atomic mass is 9.93. The standard InChI is InChI=1S/C48H59N11O7S2/c1-28-37(26-54-43(55-28)32-10-7-30(8-11-32)27-67-68-34-5-4-6-34)45(61)57-38(15-16-49)48(64)59(3)42-33-12-14-41(66-22-19-52)36(25-33)35-23-31(9-13-40(35)65-21-18-51)24-39(46(62)53-20-17-50)58-44(60)29(2)56-47(42)63/h7-14,23,25-26,29,34,38-39,42H,4-6,15-16,18-22,24,27,49,51-52H2,1-3H3,(H,53,62)(H,56,63)(H,57,61)(H,58,60)/t29-,38-,39-,42-/m0/s1. The third-order valence-electron chi connectivity index (χ3n) is 11.5. The van der Waals surface area contributed by atoms with E-state index in [1.54, 1.807) is 43.3 Å². The molecule has 4 aromatic rings. The molecule has 10 N–H and O–H groups in total. The maximum atomic E-state index is 14.7. The molecule has 0 saturated heterocycles. The summed E-state index contributed by atoms with van der Waals surface area (Å²) in [4.78, 5) is 80.6. The minimum absolute atomic E-state index is 0.00312. The van der Waals surface area contributed by atoms with Gasteiger partial charge in [-0.25, -0.2) is 9.97 Å². The molecule has 4 bridgehead atoms. The van der Waals surface area contributed by atoms with Crippen LogP contribution < -0.4 is 47.9 Å². The Morgan fingerprint density at radius 2 is 1.63 bits per heavy atom. The van der Waals surface area contributed by atoms with E-state index in [0.29, 0.717) is 45.3 Å². The average Bonchev–Trinajstić information content (AvgIpc) is 3.32. The van der Waals surface area contributed by atoms with Gasteiger partial charge in [-0.3, -0.25) is 24.0 Å². The number of nitrogens with one attached hydrogen (secondary N) is 4. The molecule has 1 fully saturated rings. The van der Waals surface area contributed by atoms with Crippen molar-refractivity contribution in [1.82, 2.24) is 36.1 Å². The Morgan fingerprint density at radius 1 is 0.941 bits per heavy atom. The predicted octanol–water partition coefficient (Wildman–Crippen LogP) is 3.06. The van der Waals surface area contributed by atoms with Crippen molar-refractivity contribution in [2.45, 2.75) is 81.1 Å². The van der Waals surface area contributed by atoms with Crippen molar-refractivity contribution in [3.8, 4) is 40.1 Å². The summed E-state index contributed by atoms with van der Waals surface area (Å²) in [6.07, 6.45) is 5.32. The number of nitriles is 1. The Morgan fingerprint density at radius 3 is 2.26 bits per heavy atom. The van der Waals surface area contributed by atoms with Gasteiger partial charge in [-0.05, 0) is 80.6 Å². The first-order valence-corrected chi connectivity index (χ1v) is 24.9. The number of carbonyl (C=O) groups is 5. The third kappa shape index (κ3) is 13.0. The summed E-state index contributed by atoms with van der Waals surface area (Å²) in [5, 5.41) is 20.7. The molecular weight excluding hydrogens is 907 g/mol. The molecule has 20 heteroatoms. The monoisotopic (exact) mass is 965 g/mol. The second-order valence-electron chi connectivity index (χ2n) is 16.5. The van der Waals surface area contributed by atoms with Crippen molar-refractivity contribution in [2.24, 2.45) is 17.2 Å². The molecule has 2 aliphatic rings. The van der Waals surface area contributed by atoms with Crippen molar-refractivity contribution >= 4 is 51.1 Å². The lowest BCUT2D eigenvalue weighted by Gasteiger charge is -2.32. The Balaban J connectivity index is 1.31. The van der Waals surface area contributed by atoms with E-state index in [-0.39, 0.29) is 57.8 Å². The molecule has 2 heterocycles. The fourth-order valence-corrected chi connectivity index (χ4v) is 10.5. The Labute approximate surface area is 404 Å². The van der Waals surface area contributed by atoms with E-state index in [0.717, 1.165) is 16.6 Å². The zero-order valence-electron chi connectivity index (χ0n) is 38.4. The van der Waals surface area contributed by atoms with Gasteiger partial charge in [0.25, 0.3) is 5.91 Å². The topological polar surface area (TPSA) is 283 Å². The SMILES string of the molecule is Cc1nc(-c2ccc(CSSC3CCC3)cc2)ncc1C(=O)N[C@@H](CCN)C(=O)N(C)[C@@H]1C(=O)N[C@@H](C)C(=O)N[C@H](C(=O)NCC#N)Cc2ccc(OCCN)c(c2)-c2cc1ccc2OCCN. The third-order valence-corrected chi connectivity index (χ3v) is 14.4. The molecule has 0 spiro atoms. The molecule has 18 nitrogen and oxygen atoms in total. The largest absolute Gasteiger partial charge is 0.492 e. The van der Waals surface area contributed by atoms with Crippen LogP contribution in [-0.2, 0) is 31.4 Å². The molecule has 1 aliphatic carbocycles. The smallest absolute Gasteiger partial charge is 0.255 e. The molecule has 1 aromatic heterocycles. The number of ether oxygens (including phenoxy) is 2. The number of nitrogens with two attached hydrogens (primary N) is 3. The number of carbonyl (C=O) groups excluding carboxylic acids is 5. The molecule has 3 aromatic carbocycles. The van der Waals surface area contributed by atoms with Crippen LogP contribution in [0.4, 0.5) is 0 Å². The van der Waals surface area contributed by atoms with Crippen LogP contribution in [0.15, 0.2) is 66.9 Å². The van der Waals surface area contributed by atoms with E-state index < -0.39 is 53.7 Å². The lowest BCUT2D eigenvalue weighted by Crippen LogP contribution is -2.56. The minimum Gasteiger partial charge on any atom is -0.492 e. The lowest BCUT2D eigenvalue weighted by molar-refractivity contribution is -0.141. The highest BCUT2D eigenvalue weighted by Gasteiger charge is 2.36. The molecule has 360 valence electrons. The van der Waals surface area contributed by atoms with Crippen molar-refractivity contribution in [3.05, 3.63) is 94.8 Å². The summed E-state index contributed by atoms with van der Waals surface area (Å²) in [7, 11) is 5.23. The van der Waals surface area contributed by atoms with Gasteiger partial charge in [0.2, 0.25) is 23.6 Å². The number of hydrogen-bond donors (Lipinski definition) is 7. The van der Waals surface area contributed by atoms with Crippen molar-refractivity contribution in [2.75, 3.05) is 46.4 Å². The van der Waals surface area contributed by atoms with Gasteiger partial charge in [-0.1, -0.05) is 64.4 Å². The van der Waals surface area contributed by atoms with Crippen LogP contribution >= 0.6 is 21.6 Å². The molecule has 1 aliphatic heterocycles. The maximum absolute atomic E-state index is 14.7. The number of fused-ring (bicyclic) bond motifs is 5. The van der Waals surface area contributed by atoms with E-state index in [9.17, 15) is 29.2 Å². The minimum atomic E-state index is -1.40. The number of nitrogens with zero attached hydrogens (tertiary/aromatic N) is 4. The molecule has 0 radical (unpaired) electrons. The highest BCUT2D eigenvalue weighted by atomic mass is 33.1. The zero-order valence-corrected chi connectivity index (χ0v) is 40.1. The van der Waals surface area contributed by atoms with Gasteiger partial charge in [-0.15, -0.1) is 0 Å². The number of amides is 5. The van der Waals surface area contributed by atoms with Crippen LogP contribution in [0.25, 0.3) is 22.5 Å². The summed E-state index contributed by atoms with van der Waals surface area (Å²) in [6.45, 7) is 3.51. The molecule has 68 heavy (non-hydrogen) atoms. The van der Waals surface area contributed by atoms with Crippen molar-refractivity contribution in [1.29, 1.82) is 5.26 Å². The number of aryl methyl sites for hydroxylation is 1. The van der Waals surface area contributed by atoms with Gasteiger partial charge in [-0.2, -0.15) is 5.26 Å². The molecule has 4 atom stereocenters. The number of benzene rings is 3. The van der Waals surface area contributed by atoms with Crippen LogP contribution in [0.3, 0.4) is 0 Å². The quantitative estimate of drug-likeness (QED) is 0.0525. The first-order chi connectivity index (χ1) is 32.8. The van der Waals surface area contributed by atoms with Gasteiger partial charge < -0.3 is 52.8 Å². The first-order valence-electron chi connectivity index (χ1n) is 22.5. The summed E-state index contributed by atoms with van der Waals surface area (Å²) in [6, 6.07) is 15.1. The summed E-state index contributed by atoms with van der Waals surface area (Å²) >= 11 is 0. The van der Waals surface area contributed by atoms with Crippen LogP contribution in [0.5, 0.6) is 11.5 Å². The number of likely N-dealkylation sites (N-methyl/N-ethyl adjacent to an activating group) is 1. The zero-order chi connectivity index (χ0) is 48.7. The van der Waals surface area contributed by atoms with E-state index in [1.807, 2.05) is 39.8 Å². The fraction of sp³-hybridized carbons (Fsp3) is 0.417. The highest BCUT2D eigenvalue weighted by Crippen LogP contribution is 2.41. The maximum Gasteiger partial charge on any atom is 0.255 e. The van der Waals surface area contributed by atoms with Gasteiger partial charge >= 0.3 is 0 Å². The van der Waals surface area contributed by atoms with E-state index in [4.69, 9.17) is 26.7 Å². The average molecular weight is 966 g/mol. The molecular formula is C48H59N11O7S2. The number of hydrogen-bond acceptors (Lipinski definition) is 15. The Bertz CT molecular complexity index is 2480. The summed E-state index contributed by atoms with van der Waals surface area (Å²) < 4.78 is 12.2. The normalized spacial score (nSPS) is 17.5. The summed E-state index contributed by atoms with van der Waals surface area (Å²) in [5.74, 6) is -1.23. The Kier molecular flexibility index (Phi) is 18.6. The predicted molar refractivity (Wildman–Crippen MR) is 262 cm³/mol. The second-order valence-corrected chi connectivity index (χ2v) is 19.2. The van der Waals surface area contributed by atoms with E-state index >= 15 is 0 Å². The fourth-order valence-electron chi connectivity index (χ4n) is 7.61. The van der Waals surface area contributed by atoms with Crippen LogP contribution in [0.1, 0.15) is 71.4 Å². The second kappa shape index (κ2) is 24.7. The molecule has 1 saturated carbocycles. The van der Waals surface area contributed by atoms with E-state index in [2.05, 4.69) is 43.4 Å². The van der Waals surface area contributed by atoms with Gasteiger partial charge in [0.05, 0.1) is 17.3 Å². The van der Waals surface area contributed by atoms with Crippen molar-refractivity contribution in [3.63, 3.8) is 0 Å². The highest BCUT2D eigenvalue weighted by molar-refractivity contribution is 8.76. The van der Waals surface area contributed by atoms with E-state index in [1.165, 1.54) is 49.9 Å². The molecule has 0 unspecified atom stereocenters. The first kappa shape index (κ1) is 51.2. The molecule has 5 amide bonds. The van der Waals surface area contributed by atoms with Crippen LogP contribution in [0.2, 0.25) is 0 Å². The Hall–Kier alpha value is -6.24. The van der Waals surface area contributed by atoms with Gasteiger partial charge in [0.1, 0.15) is 55.4 Å². The van der Waals surface area contributed by atoms with Crippen molar-refractivity contribution < 1.29 is 33.4 Å². The van der Waals surface area contributed by atoms with Gasteiger partial charge in [0.15, 0.2) is 5.82 Å². The molecule has 6 rings (SSSR count). The van der Waals surface area contributed by atoms with Crippen LogP contribution in [0, 0.1) is 18.3 Å².